The average Bonchev–Trinajstić information content (AvgIpc) is 3.12. The second-order valence-electron chi connectivity index (χ2n) is 5.21. The molecule has 8 heteroatoms. The summed E-state index contributed by atoms with van der Waals surface area (Å²) in [4.78, 5) is 19.2. The van der Waals surface area contributed by atoms with Gasteiger partial charge in [-0.25, -0.2) is 14.5 Å². The number of benzene rings is 2. The van der Waals surface area contributed by atoms with Crippen molar-refractivity contribution in [3.8, 4) is 17.1 Å². The van der Waals surface area contributed by atoms with Crippen LogP contribution in [-0.4, -0.2) is 14.8 Å². The topological polar surface area (TPSA) is 110 Å². The Morgan fingerprint density at radius 1 is 1.12 bits per heavy atom. The minimum absolute atomic E-state index is 0.249. The Bertz CT molecular complexity index is 1170. The highest BCUT2D eigenvalue weighted by Crippen LogP contribution is 2.22. The largest absolute Gasteiger partial charge is 0.421 e. The number of rotatable bonds is 3. The molecule has 2 heterocycles. The summed E-state index contributed by atoms with van der Waals surface area (Å²) in [5.74, 6) is 0.513. The highest BCUT2D eigenvalue weighted by Gasteiger charge is 2.11. The molecule has 0 bridgehead atoms. The molecular weight excluding hydrogens is 320 g/mol. The van der Waals surface area contributed by atoms with Crippen molar-refractivity contribution in [3.05, 3.63) is 81.8 Å². The van der Waals surface area contributed by atoms with Crippen LogP contribution in [0.4, 0.5) is 5.69 Å². The SMILES string of the molecule is [N-]=[N+]=Nc1ccc2cc(-n3cnc(-c4ccccc4)n3)c(=O)oc2c1. The van der Waals surface area contributed by atoms with Crippen LogP contribution < -0.4 is 5.63 Å². The molecule has 0 saturated heterocycles. The lowest BCUT2D eigenvalue weighted by molar-refractivity contribution is 0.552. The molecule has 8 nitrogen and oxygen atoms in total. The zero-order valence-electron chi connectivity index (χ0n) is 12.8. The number of aromatic nitrogens is 3. The molecule has 0 N–H and O–H groups in total. The quantitative estimate of drug-likeness (QED) is 0.245. The fourth-order valence-corrected chi connectivity index (χ4v) is 2.46. The van der Waals surface area contributed by atoms with E-state index in [1.807, 2.05) is 30.3 Å². The summed E-state index contributed by atoms with van der Waals surface area (Å²) in [6.45, 7) is 0. The maximum absolute atomic E-state index is 12.3. The maximum atomic E-state index is 12.3. The van der Waals surface area contributed by atoms with Crippen LogP contribution in [0.3, 0.4) is 0 Å². The molecular formula is C17H10N6O2. The molecule has 0 radical (unpaired) electrons. The minimum Gasteiger partial charge on any atom is -0.421 e. The normalized spacial score (nSPS) is 10.6. The van der Waals surface area contributed by atoms with Gasteiger partial charge in [0, 0.05) is 21.5 Å². The van der Waals surface area contributed by atoms with Crippen molar-refractivity contribution >= 4 is 16.7 Å². The van der Waals surface area contributed by atoms with Crippen LogP contribution in [0.25, 0.3) is 38.5 Å². The lowest BCUT2D eigenvalue weighted by Gasteiger charge is -2.02. The lowest BCUT2D eigenvalue weighted by Crippen LogP contribution is -2.10. The van der Waals surface area contributed by atoms with Crippen LogP contribution in [0.1, 0.15) is 0 Å². The Morgan fingerprint density at radius 3 is 2.76 bits per heavy atom. The van der Waals surface area contributed by atoms with Crippen LogP contribution in [0.15, 0.2) is 75.3 Å². The Hall–Kier alpha value is -3.90. The van der Waals surface area contributed by atoms with E-state index in [9.17, 15) is 4.79 Å². The predicted octanol–water partition coefficient (Wildman–Crippen LogP) is 3.98. The molecule has 0 aliphatic carbocycles. The van der Waals surface area contributed by atoms with E-state index in [0.29, 0.717) is 22.5 Å². The van der Waals surface area contributed by atoms with E-state index in [1.54, 1.807) is 18.2 Å². The third-order valence-corrected chi connectivity index (χ3v) is 3.63. The van der Waals surface area contributed by atoms with Gasteiger partial charge < -0.3 is 4.42 Å². The van der Waals surface area contributed by atoms with Gasteiger partial charge in [0.05, 0.1) is 0 Å². The summed E-state index contributed by atoms with van der Waals surface area (Å²) in [5, 5.41) is 8.52. The highest BCUT2D eigenvalue weighted by molar-refractivity contribution is 5.81. The van der Waals surface area contributed by atoms with Gasteiger partial charge in [-0.15, -0.1) is 5.10 Å². The lowest BCUT2D eigenvalue weighted by atomic mass is 10.2. The fourth-order valence-electron chi connectivity index (χ4n) is 2.46. The van der Waals surface area contributed by atoms with Crippen LogP contribution in [0, 0.1) is 0 Å². The number of nitrogens with zero attached hydrogens (tertiary/aromatic N) is 6. The van der Waals surface area contributed by atoms with Crippen molar-refractivity contribution in [2.45, 2.75) is 0 Å². The molecule has 0 unspecified atom stereocenters. The molecule has 0 aliphatic heterocycles. The van der Waals surface area contributed by atoms with Crippen molar-refractivity contribution < 1.29 is 4.42 Å². The first-order valence-corrected chi connectivity index (χ1v) is 7.35. The van der Waals surface area contributed by atoms with Gasteiger partial charge in [-0.2, -0.15) is 0 Å². The maximum Gasteiger partial charge on any atom is 0.362 e. The van der Waals surface area contributed by atoms with E-state index in [4.69, 9.17) is 9.95 Å². The van der Waals surface area contributed by atoms with Crippen molar-refractivity contribution in [2.24, 2.45) is 5.11 Å². The van der Waals surface area contributed by atoms with Gasteiger partial charge in [-0.3, -0.25) is 0 Å². The summed E-state index contributed by atoms with van der Waals surface area (Å²) >= 11 is 0. The molecule has 2 aromatic carbocycles. The molecule has 0 spiro atoms. The molecule has 0 amide bonds. The smallest absolute Gasteiger partial charge is 0.362 e. The minimum atomic E-state index is -0.560. The molecule has 2 aromatic heterocycles. The zero-order chi connectivity index (χ0) is 17.2. The molecule has 0 aliphatic rings. The molecule has 120 valence electrons. The van der Waals surface area contributed by atoms with E-state index in [2.05, 4.69) is 20.1 Å². The summed E-state index contributed by atoms with van der Waals surface area (Å²) in [5.41, 5.74) is 9.73. The highest BCUT2D eigenvalue weighted by atomic mass is 16.4. The van der Waals surface area contributed by atoms with Crippen molar-refractivity contribution in [1.82, 2.24) is 14.8 Å². The number of hydrogen-bond donors (Lipinski definition) is 0. The first-order valence-electron chi connectivity index (χ1n) is 7.35. The number of azide groups is 1. The molecule has 0 saturated carbocycles. The number of hydrogen-bond acceptors (Lipinski definition) is 5. The first-order chi connectivity index (χ1) is 12.2. The first kappa shape index (κ1) is 14.7. The molecule has 25 heavy (non-hydrogen) atoms. The van der Waals surface area contributed by atoms with Crippen molar-refractivity contribution in [2.75, 3.05) is 0 Å². The average molecular weight is 330 g/mol. The number of fused-ring (bicyclic) bond motifs is 1. The molecule has 0 fully saturated rings. The van der Waals surface area contributed by atoms with E-state index in [0.717, 1.165) is 5.56 Å². The van der Waals surface area contributed by atoms with Gasteiger partial charge in [-0.05, 0) is 17.7 Å². The van der Waals surface area contributed by atoms with Gasteiger partial charge in [0.2, 0.25) is 0 Å². The standard InChI is InChI=1S/C17H10N6O2/c18-22-20-13-7-6-12-8-14(17(24)25-15(12)9-13)23-10-19-16(21-23)11-4-2-1-3-5-11/h1-10H. The summed E-state index contributed by atoms with van der Waals surface area (Å²) in [6, 6.07) is 16.0. The van der Waals surface area contributed by atoms with E-state index >= 15 is 0 Å². The van der Waals surface area contributed by atoms with E-state index in [1.165, 1.54) is 17.1 Å². The Balaban J connectivity index is 1.81. The van der Waals surface area contributed by atoms with Crippen LogP contribution in [0.5, 0.6) is 0 Å². The van der Waals surface area contributed by atoms with Gasteiger partial charge in [0.15, 0.2) is 11.5 Å². The van der Waals surface area contributed by atoms with Crippen LogP contribution in [0.2, 0.25) is 0 Å². The van der Waals surface area contributed by atoms with Crippen LogP contribution >= 0.6 is 0 Å². The summed E-state index contributed by atoms with van der Waals surface area (Å²) < 4.78 is 6.71. The molecule has 0 atom stereocenters. The third kappa shape index (κ3) is 2.73. The second-order valence-corrected chi connectivity index (χ2v) is 5.21. The van der Waals surface area contributed by atoms with Crippen molar-refractivity contribution in [1.29, 1.82) is 0 Å². The predicted molar refractivity (Wildman–Crippen MR) is 91.6 cm³/mol. The Labute approximate surface area is 140 Å². The van der Waals surface area contributed by atoms with E-state index in [-0.39, 0.29) is 5.69 Å². The van der Waals surface area contributed by atoms with E-state index < -0.39 is 5.63 Å². The Morgan fingerprint density at radius 2 is 1.96 bits per heavy atom. The molecule has 4 aromatic rings. The molecule has 4 rings (SSSR count). The fraction of sp³-hybridized carbons (Fsp3) is 0. The van der Waals surface area contributed by atoms with Gasteiger partial charge in [0.1, 0.15) is 11.9 Å². The Kier molecular flexibility index (Phi) is 3.49. The van der Waals surface area contributed by atoms with Gasteiger partial charge in [-0.1, -0.05) is 47.6 Å². The van der Waals surface area contributed by atoms with Crippen LogP contribution in [-0.2, 0) is 0 Å². The van der Waals surface area contributed by atoms with Gasteiger partial charge in [0.25, 0.3) is 0 Å². The second kappa shape index (κ2) is 5.95. The third-order valence-electron chi connectivity index (χ3n) is 3.63. The van der Waals surface area contributed by atoms with Gasteiger partial charge >= 0.3 is 5.63 Å². The zero-order valence-corrected chi connectivity index (χ0v) is 12.8. The summed E-state index contributed by atoms with van der Waals surface area (Å²) in [6.07, 6.45) is 1.47. The summed E-state index contributed by atoms with van der Waals surface area (Å²) in [7, 11) is 0. The van der Waals surface area contributed by atoms with Crippen molar-refractivity contribution in [3.63, 3.8) is 0 Å². The monoisotopic (exact) mass is 330 g/mol.